The van der Waals surface area contributed by atoms with Crippen molar-refractivity contribution in [3.8, 4) is 6.07 Å². The predicted octanol–water partition coefficient (Wildman–Crippen LogP) is 5.78. The topological polar surface area (TPSA) is 42.2 Å². The monoisotopic (exact) mass is 381 g/mol. The summed E-state index contributed by atoms with van der Waals surface area (Å²) in [7, 11) is 0. The van der Waals surface area contributed by atoms with Crippen LogP contribution in [0.2, 0.25) is 0 Å². The van der Waals surface area contributed by atoms with Gasteiger partial charge >= 0.3 is 0 Å². The lowest BCUT2D eigenvalue weighted by atomic mass is 9.45. The Hall–Kier alpha value is -1.11. The van der Waals surface area contributed by atoms with Crippen LogP contribution in [0.5, 0.6) is 0 Å². The lowest BCUT2D eigenvalue weighted by Gasteiger charge is -2.59. The van der Waals surface area contributed by atoms with Crippen LogP contribution in [-0.4, -0.2) is 19.0 Å². The fraction of sp³-hybridized carbons (Fsp3) is 0.800. The Morgan fingerprint density at radius 1 is 1.14 bits per heavy atom. The minimum Gasteiger partial charge on any atom is -0.347 e. The summed E-state index contributed by atoms with van der Waals surface area (Å²) in [5, 5.41) is 10.2. The number of hydrogen-bond acceptors (Lipinski definition) is 3. The molecule has 152 valence electrons. The van der Waals surface area contributed by atoms with E-state index in [0.29, 0.717) is 11.3 Å². The second-order valence-corrected chi connectivity index (χ2v) is 10.7. The Balaban J connectivity index is 1.46. The van der Waals surface area contributed by atoms with Crippen molar-refractivity contribution < 1.29 is 9.47 Å². The number of allylic oxidation sites excluding steroid dienone is 2. The maximum absolute atomic E-state index is 10.2. The van der Waals surface area contributed by atoms with Gasteiger partial charge in [-0.15, -0.1) is 6.58 Å². The lowest BCUT2D eigenvalue weighted by molar-refractivity contribution is -0.185. The van der Waals surface area contributed by atoms with Gasteiger partial charge in [-0.1, -0.05) is 31.6 Å². The van der Waals surface area contributed by atoms with E-state index >= 15 is 0 Å². The zero-order chi connectivity index (χ0) is 19.6. The Kier molecular flexibility index (Phi) is 4.18. The first kappa shape index (κ1) is 18.9. The summed E-state index contributed by atoms with van der Waals surface area (Å²) in [5.41, 5.74) is 1.84. The highest BCUT2D eigenvalue weighted by atomic mass is 16.7. The molecule has 28 heavy (non-hydrogen) atoms. The summed E-state index contributed by atoms with van der Waals surface area (Å²) in [6, 6.07) is 2.79. The van der Waals surface area contributed by atoms with E-state index in [4.69, 9.17) is 9.47 Å². The molecule has 0 unspecified atom stereocenters. The fourth-order valence-corrected chi connectivity index (χ4v) is 8.29. The number of ether oxygens (including phenoxy) is 2. The van der Waals surface area contributed by atoms with Crippen LogP contribution in [0.25, 0.3) is 0 Å². The van der Waals surface area contributed by atoms with Gasteiger partial charge in [-0.3, -0.25) is 0 Å². The van der Waals surface area contributed by atoms with Gasteiger partial charge in [-0.25, -0.2) is 0 Å². The molecule has 4 fully saturated rings. The van der Waals surface area contributed by atoms with Crippen molar-refractivity contribution in [2.45, 2.75) is 77.4 Å². The van der Waals surface area contributed by atoms with Crippen LogP contribution in [-0.2, 0) is 9.47 Å². The van der Waals surface area contributed by atoms with Crippen LogP contribution >= 0.6 is 0 Å². The molecule has 5 rings (SSSR count). The molecule has 1 aliphatic heterocycles. The van der Waals surface area contributed by atoms with Gasteiger partial charge in [0.05, 0.1) is 24.7 Å². The molecule has 1 saturated heterocycles. The van der Waals surface area contributed by atoms with E-state index in [1.54, 1.807) is 5.57 Å². The molecule has 3 heteroatoms. The number of hydrogen-bond donors (Lipinski definition) is 0. The SMILES string of the molecule is C=CC[C@@]1(C#N)CC[C@H]2[C@@H]3CC=C4CC5(CC[C@]4(C)[C@H]3CC[C@@]21C)OCCO5. The summed E-state index contributed by atoms with van der Waals surface area (Å²) in [5.74, 6) is 1.83. The summed E-state index contributed by atoms with van der Waals surface area (Å²) in [6.45, 7) is 10.4. The molecule has 0 aromatic rings. The lowest BCUT2D eigenvalue weighted by Crippen LogP contribution is -2.53. The van der Waals surface area contributed by atoms with Crippen molar-refractivity contribution in [3.63, 3.8) is 0 Å². The first-order chi connectivity index (χ1) is 13.4. The first-order valence-corrected chi connectivity index (χ1v) is 11.4. The molecule has 0 aromatic heterocycles. The fourth-order valence-electron chi connectivity index (χ4n) is 8.29. The molecule has 5 aliphatic rings. The quantitative estimate of drug-likeness (QED) is 0.570. The summed E-state index contributed by atoms with van der Waals surface area (Å²) in [4.78, 5) is 0. The average molecular weight is 382 g/mol. The van der Waals surface area contributed by atoms with Gasteiger partial charge < -0.3 is 9.47 Å². The summed E-state index contributed by atoms with van der Waals surface area (Å²) < 4.78 is 12.1. The molecule has 0 radical (unpaired) electrons. The molecule has 3 nitrogen and oxygen atoms in total. The van der Waals surface area contributed by atoms with E-state index in [0.717, 1.165) is 50.7 Å². The highest BCUT2D eigenvalue weighted by molar-refractivity contribution is 5.28. The average Bonchev–Trinajstić information content (AvgIpc) is 3.26. The van der Waals surface area contributed by atoms with Gasteiger partial charge in [0.2, 0.25) is 0 Å². The smallest absolute Gasteiger partial charge is 0.172 e. The highest BCUT2D eigenvalue weighted by Gasteiger charge is 2.64. The Morgan fingerprint density at radius 3 is 2.61 bits per heavy atom. The second-order valence-electron chi connectivity index (χ2n) is 10.7. The number of nitrogens with zero attached hydrogens (tertiary/aromatic N) is 1. The van der Waals surface area contributed by atoms with E-state index in [-0.39, 0.29) is 16.6 Å². The van der Waals surface area contributed by atoms with Crippen LogP contribution in [0.1, 0.15) is 71.6 Å². The zero-order valence-electron chi connectivity index (χ0n) is 17.6. The van der Waals surface area contributed by atoms with Crippen LogP contribution in [0.4, 0.5) is 0 Å². The molecule has 4 aliphatic carbocycles. The van der Waals surface area contributed by atoms with Gasteiger partial charge in [-0.05, 0) is 73.5 Å². The summed E-state index contributed by atoms with van der Waals surface area (Å²) >= 11 is 0. The van der Waals surface area contributed by atoms with Gasteiger partial charge in [0.15, 0.2) is 5.79 Å². The Bertz CT molecular complexity index is 744. The predicted molar refractivity (Wildman–Crippen MR) is 109 cm³/mol. The van der Waals surface area contributed by atoms with E-state index in [9.17, 15) is 5.26 Å². The van der Waals surface area contributed by atoms with Crippen molar-refractivity contribution in [1.29, 1.82) is 5.26 Å². The van der Waals surface area contributed by atoms with E-state index < -0.39 is 0 Å². The van der Waals surface area contributed by atoms with Crippen molar-refractivity contribution in [1.82, 2.24) is 0 Å². The molecule has 0 bridgehead atoms. The molecule has 3 saturated carbocycles. The Labute approximate surface area is 170 Å². The van der Waals surface area contributed by atoms with E-state index in [1.165, 1.54) is 32.1 Å². The van der Waals surface area contributed by atoms with Crippen LogP contribution in [0.3, 0.4) is 0 Å². The minimum atomic E-state index is -0.325. The van der Waals surface area contributed by atoms with Crippen LogP contribution in [0.15, 0.2) is 24.3 Å². The molecule has 1 heterocycles. The number of rotatable bonds is 2. The van der Waals surface area contributed by atoms with Crippen LogP contribution < -0.4 is 0 Å². The maximum atomic E-state index is 10.2. The van der Waals surface area contributed by atoms with Crippen molar-refractivity contribution in [3.05, 3.63) is 24.3 Å². The van der Waals surface area contributed by atoms with Gasteiger partial charge in [0.25, 0.3) is 0 Å². The van der Waals surface area contributed by atoms with Gasteiger partial charge in [0, 0.05) is 12.8 Å². The Morgan fingerprint density at radius 2 is 1.89 bits per heavy atom. The van der Waals surface area contributed by atoms with E-state index in [2.05, 4.69) is 32.6 Å². The molecular formula is C25H35NO2. The standard InChI is InChI=1S/C25H35NO2/c1-4-9-24(17-26)11-8-21-19-6-5-18-16-25(27-14-15-28-25)13-12-22(18,2)20(19)7-10-23(21,24)3/h4-5,19-21H,1,6-16H2,2-3H3/t19-,20+,21+,22+,23+,24+/m1/s1. The third kappa shape index (κ3) is 2.28. The summed E-state index contributed by atoms with van der Waals surface area (Å²) in [6.07, 6.45) is 14.5. The normalized spacial score (nSPS) is 48.9. The maximum Gasteiger partial charge on any atom is 0.172 e. The molecule has 0 N–H and O–H groups in total. The van der Waals surface area contributed by atoms with Crippen LogP contribution in [0, 0.1) is 45.3 Å². The molecule has 0 amide bonds. The van der Waals surface area contributed by atoms with Crippen molar-refractivity contribution in [2.24, 2.45) is 34.0 Å². The van der Waals surface area contributed by atoms with Crippen molar-refractivity contribution in [2.75, 3.05) is 13.2 Å². The second kappa shape index (κ2) is 6.19. The third-order valence-electron chi connectivity index (χ3n) is 10.00. The minimum absolute atomic E-state index is 0.145. The van der Waals surface area contributed by atoms with E-state index in [1.807, 2.05) is 6.08 Å². The molecule has 6 atom stereocenters. The zero-order valence-corrected chi connectivity index (χ0v) is 17.6. The molecule has 1 spiro atoms. The third-order valence-corrected chi connectivity index (χ3v) is 10.00. The number of nitriles is 1. The first-order valence-electron chi connectivity index (χ1n) is 11.4. The van der Waals surface area contributed by atoms with Gasteiger partial charge in [0.1, 0.15) is 0 Å². The van der Waals surface area contributed by atoms with Gasteiger partial charge in [-0.2, -0.15) is 5.26 Å². The molecule has 0 aromatic carbocycles. The number of fused-ring (bicyclic) bond motifs is 5. The highest BCUT2D eigenvalue weighted by Crippen LogP contribution is 2.70. The molecular weight excluding hydrogens is 346 g/mol. The van der Waals surface area contributed by atoms with Crippen molar-refractivity contribution >= 4 is 0 Å². The largest absolute Gasteiger partial charge is 0.347 e.